The second-order valence-corrected chi connectivity index (χ2v) is 9.37. The van der Waals surface area contributed by atoms with Crippen molar-refractivity contribution in [2.75, 3.05) is 29.9 Å². The molecular formula is C19H19N3O7S2. The predicted molar refractivity (Wildman–Crippen MR) is 113 cm³/mol. The molecule has 1 aromatic carbocycles. The van der Waals surface area contributed by atoms with Gasteiger partial charge in [-0.2, -0.15) is 0 Å². The highest BCUT2D eigenvalue weighted by Crippen LogP contribution is 2.26. The Morgan fingerprint density at radius 3 is 2.55 bits per heavy atom. The first-order valence-corrected chi connectivity index (χ1v) is 11.2. The largest absolute Gasteiger partial charge is 0.482 e. The number of benzene rings is 1. The maximum absolute atomic E-state index is 12.5. The number of rotatable bonds is 9. The van der Waals surface area contributed by atoms with Gasteiger partial charge in [0.15, 0.2) is 13.2 Å². The Balaban J connectivity index is 1.46. The lowest BCUT2D eigenvalue weighted by atomic mass is 10.3. The van der Waals surface area contributed by atoms with E-state index < -0.39 is 35.1 Å². The van der Waals surface area contributed by atoms with Crippen molar-refractivity contribution >= 4 is 44.8 Å². The van der Waals surface area contributed by atoms with Crippen LogP contribution >= 0.6 is 11.3 Å². The molecule has 164 valence electrons. The molecule has 0 unspecified atom stereocenters. The highest BCUT2D eigenvalue weighted by Gasteiger charge is 2.22. The van der Waals surface area contributed by atoms with Crippen molar-refractivity contribution in [2.45, 2.75) is 11.1 Å². The van der Waals surface area contributed by atoms with Crippen LogP contribution in [0.25, 0.3) is 0 Å². The Kier molecular flexibility index (Phi) is 6.92. The zero-order chi connectivity index (χ0) is 22.4. The Bertz CT molecular complexity index is 1140. The summed E-state index contributed by atoms with van der Waals surface area (Å²) in [6, 6.07) is 10.9. The number of carbonyl (C=O) groups is 2. The van der Waals surface area contributed by atoms with E-state index in [1.165, 1.54) is 31.3 Å². The summed E-state index contributed by atoms with van der Waals surface area (Å²) >= 11 is 1.13. The van der Waals surface area contributed by atoms with Crippen molar-refractivity contribution in [3.63, 3.8) is 0 Å². The van der Waals surface area contributed by atoms with Crippen LogP contribution in [-0.4, -0.2) is 45.7 Å². The molecule has 0 aliphatic carbocycles. The molecule has 10 nitrogen and oxygen atoms in total. The molecule has 2 aromatic heterocycles. The third kappa shape index (κ3) is 5.83. The number of thiophene rings is 1. The fourth-order valence-electron chi connectivity index (χ4n) is 2.36. The number of nitrogens with zero attached hydrogens (tertiary/aromatic N) is 2. The van der Waals surface area contributed by atoms with Crippen LogP contribution in [0.5, 0.6) is 5.75 Å². The molecule has 0 bridgehead atoms. The highest BCUT2D eigenvalue weighted by atomic mass is 32.2. The van der Waals surface area contributed by atoms with Gasteiger partial charge in [-0.3, -0.25) is 14.4 Å². The van der Waals surface area contributed by atoms with Crippen LogP contribution < -0.4 is 14.4 Å². The topological polar surface area (TPSA) is 128 Å². The minimum Gasteiger partial charge on any atom is -0.482 e. The minimum absolute atomic E-state index is 0.154. The molecule has 0 fully saturated rings. The van der Waals surface area contributed by atoms with E-state index in [1.54, 1.807) is 30.5 Å². The summed E-state index contributed by atoms with van der Waals surface area (Å²) in [4.78, 5) is 23.5. The SMILES string of the molecule is Cc1cc(NC(=O)COC(=O)COc2ccc(N(C)S(=O)(=O)c3cccs3)cc2)on1. The van der Waals surface area contributed by atoms with Crippen LogP contribution in [0.1, 0.15) is 5.69 Å². The van der Waals surface area contributed by atoms with Gasteiger partial charge in [-0.25, -0.2) is 13.2 Å². The lowest BCUT2D eigenvalue weighted by Crippen LogP contribution is -2.25. The monoisotopic (exact) mass is 465 g/mol. The Morgan fingerprint density at radius 2 is 1.94 bits per heavy atom. The quantitative estimate of drug-likeness (QED) is 0.477. The number of hydrogen-bond acceptors (Lipinski definition) is 9. The molecule has 0 atom stereocenters. The molecule has 0 aliphatic rings. The average Bonchev–Trinajstić information content (AvgIpc) is 3.43. The van der Waals surface area contributed by atoms with E-state index in [4.69, 9.17) is 14.0 Å². The maximum atomic E-state index is 12.5. The number of hydrogen-bond donors (Lipinski definition) is 1. The fourth-order valence-corrected chi connectivity index (χ4v) is 4.72. The van der Waals surface area contributed by atoms with Gasteiger partial charge in [0, 0.05) is 13.1 Å². The highest BCUT2D eigenvalue weighted by molar-refractivity contribution is 7.94. The van der Waals surface area contributed by atoms with Gasteiger partial charge < -0.3 is 14.0 Å². The first kappa shape index (κ1) is 22.3. The van der Waals surface area contributed by atoms with Gasteiger partial charge in [-0.05, 0) is 42.6 Å². The number of sulfonamides is 1. The molecule has 31 heavy (non-hydrogen) atoms. The smallest absolute Gasteiger partial charge is 0.344 e. The second-order valence-electron chi connectivity index (χ2n) is 6.23. The number of aromatic nitrogens is 1. The van der Waals surface area contributed by atoms with Crippen LogP contribution in [0.15, 0.2) is 56.6 Å². The number of carbonyl (C=O) groups excluding carboxylic acids is 2. The predicted octanol–water partition coefficient (Wildman–Crippen LogP) is 2.43. The molecule has 1 amide bonds. The van der Waals surface area contributed by atoms with Crippen molar-refractivity contribution in [2.24, 2.45) is 0 Å². The van der Waals surface area contributed by atoms with Gasteiger partial charge in [0.25, 0.3) is 15.9 Å². The molecule has 0 saturated heterocycles. The third-order valence-electron chi connectivity index (χ3n) is 3.92. The van der Waals surface area contributed by atoms with Crippen LogP contribution in [0.4, 0.5) is 11.6 Å². The molecule has 0 saturated carbocycles. The van der Waals surface area contributed by atoms with Crippen molar-refractivity contribution in [1.29, 1.82) is 0 Å². The van der Waals surface area contributed by atoms with Gasteiger partial charge in [0.2, 0.25) is 5.88 Å². The van der Waals surface area contributed by atoms with E-state index in [0.717, 1.165) is 15.6 Å². The molecule has 0 radical (unpaired) electrons. The van der Waals surface area contributed by atoms with Crippen LogP contribution in [0.2, 0.25) is 0 Å². The molecular weight excluding hydrogens is 446 g/mol. The normalized spacial score (nSPS) is 11.0. The molecule has 0 aliphatic heterocycles. The van der Waals surface area contributed by atoms with Gasteiger partial charge in [-0.1, -0.05) is 11.2 Å². The van der Waals surface area contributed by atoms with E-state index >= 15 is 0 Å². The summed E-state index contributed by atoms with van der Waals surface area (Å²) in [5.41, 5.74) is 1.03. The zero-order valence-electron chi connectivity index (χ0n) is 16.6. The van der Waals surface area contributed by atoms with Crippen LogP contribution in [0, 0.1) is 6.92 Å². The lowest BCUT2D eigenvalue weighted by molar-refractivity contribution is -0.149. The number of nitrogens with one attached hydrogen (secondary N) is 1. The number of amides is 1. The number of esters is 1. The van der Waals surface area contributed by atoms with Gasteiger partial charge in [0.05, 0.1) is 11.4 Å². The minimum atomic E-state index is -3.64. The standard InChI is InChI=1S/C19H19N3O7S2/c1-13-10-17(29-21-13)20-16(23)11-28-18(24)12-27-15-7-5-14(6-8-15)22(2)31(25,26)19-4-3-9-30-19/h3-10H,11-12H2,1-2H3,(H,20,23). The second kappa shape index (κ2) is 9.62. The number of aryl methyl sites for hydroxylation is 1. The first-order valence-electron chi connectivity index (χ1n) is 8.90. The van der Waals surface area contributed by atoms with E-state index in [-0.39, 0.29) is 10.1 Å². The third-order valence-corrected chi connectivity index (χ3v) is 7.08. The van der Waals surface area contributed by atoms with Gasteiger partial charge in [0.1, 0.15) is 9.96 Å². The zero-order valence-corrected chi connectivity index (χ0v) is 18.2. The van der Waals surface area contributed by atoms with Crippen LogP contribution in [-0.2, 0) is 24.3 Å². The number of anilines is 2. The molecule has 0 spiro atoms. The van der Waals surface area contributed by atoms with E-state index in [9.17, 15) is 18.0 Å². The van der Waals surface area contributed by atoms with Crippen LogP contribution in [0.3, 0.4) is 0 Å². The van der Waals surface area contributed by atoms with Gasteiger partial charge in [-0.15, -0.1) is 11.3 Å². The summed E-state index contributed by atoms with van der Waals surface area (Å²) in [6.07, 6.45) is 0. The van der Waals surface area contributed by atoms with E-state index in [2.05, 4.69) is 10.5 Å². The molecule has 12 heteroatoms. The fraction of sp³-hybridized carbons (Fsp3) is 0.211. The molecule has 3 aromatic rings. The van der Waals surface area contributed by atoms with Crippen molar-refractivity contribution in [1.82, 2.24) is 5.16 Å². The maximum Gasteiger partial charge on any atom is 0.344 e. The van der Waals surface area contributed by atoms with E-state index in [1.807, 2.05) is 0 Å². The average molecular weight is 466 g/mol. The Hall–Kier alpha value is -3.38. The molecule has 1 N–H and O–H groups in total. The van der Waals surface area contributed by atoms with Gasteiger partial charge >= 0.3 is 5.97 Å². The Labute approximate surface area is 182 Å². The summed E-state index contributed by atoms with van der Waals surface area (Å²) in [6.45, 7) is 0.771. The molecule has 2 heterocycles. The van der Waals surface area contributed by atoms with Crippen molar-refractivity contribution in [3.05, 3.63) is 53.5 Å². The Morgan fingerprint density at radius 1 is 1.19 bits per heavy atom. The summed E-state index contributed by atoms with van der Waals surface area (Å²) < 4.78 is 41.4. The summed E-state index contributed by atoms with van der Waals surface area (Å²) in [5, 5.41) is 7.70. The lowest BCUT2D eigenvalue weighted by Gasteiger charge is -2.18. The van der Waals surface area contributed by atoms with Crippen molar-refractivity contribution < 1.29 is 32.0 Å². The van der Waals surface area contributed by atoms with E-state index in [0.29, 0.717) is 17.1 Å². The summed E-state index contributed by atoms with van der Waals surface area (Å²) in [7, 11) is -2.18. The first-order chi connectivity index (χ1) is 14.8. The molecule has 3 rings (SSSR count). The van der Waals surface area contributed by atoms with Crippen molar-refractivity contribution in [3.8, 4) is 5.75 Å². The number of ether oxygens (including phenoxy) is 2. The summed E-state index contributed by atoms with van der Waals surface area (Å²) in [5.74, 6) is -0.834.